The molecule has 1 rings (SSSR count). The summed E-state index contributed by atoms with van der Waals surface area (Å²) in [5, 5.41) is 0. The molecule has 0 saturated heterocycles. The van der Waals surface area contributed by atoms with Crippen LogP contribution in [-0.4, -0.2) is 4.98 Å². The SMILES string of the molecule is Cc1cc(Br)c(CN)nc1C.Cl.Cl. The van der Waals surface area contributed by atoms with Crippen LogP contribution < -0.4 is 5.73 Å². The highest BCUT2D eigenvalue weighted by Crippen LogP contribution is 2.17. The Labute approximate surface area is 99.3 Å². The van der Waals surface area contributed by atoms with E-state index in [9.17, 15) is 0 Å². The molecule has 0 unspecified atom stereocenters. The van der Waals surface area contributed by atoms with Crippen LogP contribution in [0.15, 0.2) is 10.5 Å². The van der Waals surface area contributed by atoms with E-state index in [-0.39, 0.29) is 24.8 Å². The van der Waals surface area contributed by atoms with E-state index in [0.717, 1.165) is 15.9 Å². The molecule has 0 amide bonds. The summed E-state index contributed by atoms with van der Waals surface area (Å²) >= 11 is 3.40. The normalized spacial score (nSPS) is 8.62. The zero-order valence-electron chi connectivity index (χ0n) is 7.50. The van der Waals surface area contributed by atoms with Gasteiger partial charge in [0.1, 0.15) is 0 Å². The number of hydrogen-bond acceptors (Lipinski definition) is 2. The topological polar surface area (TPSA) is 38.9 Å². The van der Waals surface area contributed by atoms with Crippen molar-refractivity contribution in [2.45, 2.75) is 20.4 Å². The van der Waals surface area contributed by atoms with Gasteiger partial charge in [0.05, 0.1) is 5.69 Å². The van der Waals surface area contributed by atoms with Gasteiger partial charge in [-0.3, -0.25) is 4.98 Å². The molecule has 0 radical (unpaired) electrons. The first-order valence-corrected chi connectivity index (χ1v) is 4.27. The summed E-state index contributed by atoms with van der Waals surface area (Å²) in [5.41, 5.74) is 8.64. The monoisotopic (exact) mass is 286 g/mol. The second-order valence-corrected chi connectivity index (χ2v) is 3.38. The van der Waals surface area contributed by atoms with Crippen molar-refractivity contribution in [2.24, 2.45) is 5.73 Å². The first kappa shape index (κ1) is 15.6. The van der Waals surface area contributed by atoms with Crippen molar-refractivity contribution in [1.82, 2.24) is 4.98 Å². The fourth-order valence-electron chi connectivity index (χ4n) is 0.865. The molecule has 13 heavy (non-hydrogen) atoms. The smallest absolute Gasteiger partial charge is 0.0684 e. The van der Waals surface area contributed by atoms with E-state index in [1.54, 1.807) is 0 Å². The number of hydrogen-bond donors (Lipinski definition) is 1. The van der Waals surface area contributed by atoms with Gasteiger partial charge in [0.15, 0.2) is 0 Å². The maximum absolute atomic E-state index is 5.48. The predicted molar refractivity (Wildman–Crippen MR) is 63.8 cm³/mol. The van der Waals surface area contributed by atoms with E-state index < -0.39 is 0 Å². The lowest BCUT2D eigenvalue weighted by Gasteiger charge is -2.04. The highest BCUT2D eigenvalue weighted by Gasteiger charge is 2.01. The fraction of sp³-hybridized carbons (Fsp3) is 0.375. The fourth-order valence-corrected chi connectivity index (χ4v) is 1.46. The molecule has 0 bridgehead atoms. The van der Waals surface area contributed by atoms with Gasteiger partial charge in [-0.15, -0.1) is 24.8 Å². The molecule has 0 aliphatic rings. The van der Waals surface area contributed by atoms with Gasteiger partial charge < -0.3 is 5.73 Å². The third kappa shape index (κ3) is 3.81. The molecule has 1 heterocycles. The molecule has 2 N–H and O–H groups in total. The number of pyridine rings is 1. The third-order valence-corrected chi connectivity index (χ3v) is 2.37. The Morgan fingerprint density at radius 2 is 1.92 bits per heavy atom. The molecule has 1 aromatic heterocycles. The Balaban J connectivity index is 0. The van der Waals surface area contributed by atoms with Crippen molar-refractivity contribution in [3.63, 3.8) is 0 Å². The van der Waals surface area contributed by atoms with E-state index in [4.69, 9.17) is 5.73 Å². The van der Waals surface area contributed by atoms with Crippen molar-refractivity contribution in [3.05, 3.63) is 27.5 Å². The van der Waals surface area contributed by atoms with Crippen molar-refractivity contribution in [3.8, 4) is 0 Å². The highest BCUT2D eigenvalue weighted by molar-refractivity contribution is 9.10. The average Bonchev–Trinajstić information content (AvgIpc) is 1.97. The summed E-state index contributed by atoms with van der Waals surface area (Å²) in [4.78, 5) is 4.32. The lowest BCUT2D eigenvalue weighted by molar-refractivity contribution is 0.949. The lowest BCUT2D eigenvalue weighted by Crippen LogP contribution is -2.02. The van der Waals surface area contributed by atoms with Gasteiger partial charge in [0, 0.05) is 16.7 Å². The quantitative estimate of drug-likeness (QED) is 0.863. The largest absolute Gasteiger partial charge is 0.325 e. The molecule has 0 aliphatic carbocycles. The standard InChI is InChI=1S/C8H11BrN2.2ClH/c1-5-3-7(9)8(4-10)11-6(5)2;;/h3H,4,10H2,1-2H3;2*1H. The molecule has 0 saturated carbocycles. The summed E-state index contributed by atoms with van der Waals surface area (Å²) in [6.07, 6.45) is 0. The van der Waals surface area contributed by atoms with Crippen molar-refractivity contribution >= 4 is 40.7 Å². The molecule has 1 aromatic rings. The Kier molecular flexibility index (Phi) is 7.93. The number of nitrogens with two attached hydrogens (primary N) is 1. The second kappa shape index (κ2) is 6.60. The van der Waals surface area contributed by atoms with E-state index in [0.29, 0.717) is 6.54 Å². The molecule has 0 spiro atoms. The minimum Gasteiger partial charge on any atom is -0.325 e. The molecule has 0 aliphatic heterocycles. The van der Waals surface area contributed by atoms with Gasteiger partial charge >= 0.3 is 0 Å². The van der Waals surface area contributed by atoms with Crippen molar-refractivity contribution in [2.75, 3.05) is 0 Å². The summed E-state index contributed by atoms with van der Waals surface area (Å²) in [6, 6.07) is 2.05. The summed E-state index contributed by atoms with van der Waals surface area (Å²) in [5.74, 6) is 0. The number of aromatic nitrogens is 1. The van der Waals surface area contributed by atoms with Crippen LogP contribution in [0.5, 0.6) is 0 Å². The van der Waals surface area contributed by atoms with Crippen LogP contribution in [0.4, 0.5) is 0 Å². The van der Waals surface area contributed by atoms with E-state index in [2.05, 4.69) is 20.9 Å². The minimum absolute atomic E-state index is 0. The lowest BCUT2D eigenvalue weighted by atomic mass is 10.2. The van der Waals surface area contributed by atoms with Crippen LogP contribution in [0, 0.1) is 13.8 Å². The molecule has 5 heteroatoms. The Bertz CT molecular complexity index is 279. The van der Waals surface area contributed by atoms with Gasteiger partial charge in [-0.05, 0) is 41.4 Å². The van der Waals surface area contributed by atoms with E-state index >= 15 is 0 Å². The Morgan fingerprint density at radius 1 is 1.38 bits per heavy atom. The summed E-state index contributed by atoms with van der Waals surface area (Å²) in [6.45, 7) is 4.51. The van der Waals surface area contributed by atoms with Crippen LogP contribution in [0.25, 0.3) is 0 Å². The van der Waals surface area contributed by atoms with Crippen LogP contribution in [0.1, 0.15) is 17.0 Å². The maximum Gasteiger partial charge on any atom is 0.0684 e. The predicted octanol–water partition coefficient (Wildman–Crippen LogP) is 2.76. The average molecular weight is 288 g/mol. The van der Waals surface area contributed by atoms with Gasteiger partial charge in [-0.1, -0.05) is 0 Å². The van der Waals surface area contributed by atoms with Crippen molar-refractivity contribution in [1.29, 1.82) is 0 Å². The molecule has 76 valence electrons. The summed E-state index contributed by atoms with van der Waals surface area (Å²) in [7, 11) is 0. The molecular formula is C8H13BrCl2N2. The minimum atomic E-state index is 0. The van der Waals surface area contributed by atoms with Crippen LogP contribution in [-0.2, 0) is 6.54 Å². The number of rotatable bonds is 1. The number of halogens is 3. The Hall–Kier alpha value is 0.170. The first-order valence-electron chi connectivity index (χ1n) is 3.48. The van der Waals surface area contributed by atoms with Crippen LogP contribution >= 0.6 is 40.7 Å². The van der Waals surface area contributed by atoms with E-state index in [1.165, 1.54) is 5.56 Å². The molecule has 0 aromatic carbocycles. The molecule has 0 atom stereocenters. The summed E-state index contributed by atoms with van der Waals surface area (Å²) < 4.78 is 1.00. The zero-order valence-corrected chi connectivity index (χ0v) is 10.7. The third-order valence-electron chi connectivity index (χ3n) is 1.69. The van der Waals surface area contributed by atoms with Crippen LogP contribution in [0.3, 0.4) is 0 Å². The Morgan fingerprint density at radius 3 is 2.38 bits per heavy atom. The highest BCUT2D eigenvalue weighted by atomic mass is 79.9. The molecular weight excluding hydrogens is 275 g/mol. The maximum atomic E-state index is 5.48. The molecule has 2 nitrogen and oxygen atoms in total. The van der Waals surface area contributed by atoms with Gasteiger partial charge in [0.2, 0.25) is 0 Å². The van der Waals surface area contributed by atoms with Crippen LogP contribution in [0.2, 0.25) is 0 Å². The van der Waals surface area contributed by atoms with Gasteiger partial charge in [-0.2, -0.15) is 0 Å². The van der Waals surface area contributed by atoms with Gasteiger partial charge in [0.25, 0.3) is 0 Å². The number of nitrogens with zero attached hydrogens (tertiary/aromatic N) is 1. The zero-order chi connectivity index (χ0) is 8.43. The number of aryl methyl sites for hydroxylation is 2. The second-order valence-electron chi connectivity index (χ2n) is 2.52. The van der Waals surface area contributed by atoms with Gasteiger partial charge in [-0.25, -0.2) is 0 Å². The van der Waals surface area contributed by atoms with Crippen molar-refractivity contribution < 1.29 is 0 Å². The molecule has 0 fully saturated rings. The van der Waals surface area contributed by atoms with E-state index in [1.807, 2.05) is 19.9 Å². The first-order chi connectivity index (χ1) is 5.15.